The van der Waals surface area contributed by atoms with Gasteiger partial charge in [0.25, 0.3) is 0 Å². The van der Waals surface area contributed by atoms with Crippen molar-refractivity contribution < 1.29 is 9.53 Å². The normalized spacial score (nSPS) is 14.9. The molecule has 1 unspecified atom stereocenters. The highest BCUT2D eigenvalue weighted by Gasteiger charge is 2.29. The van der Waals surface area contributed by atoms with E-state index in [-0.39, 0.29) is 12.1 Å². The fourth-order valence-electron chi connectivity index (χ4n) is 4.31. The number of carbonyl (C=O) groups is 1. The number of carbonyl (C=O) groups excluding carboxylic acids is 1. The number of ether oxygens (including phenoxy) is 1. The molecule has 0 spiro atoms. The molecular weight excluding hydrogens is 370 g/mol. The Bertz CT molecular complexity index is 956. The number of benzene rings is 2. The average molecular weight is 406 g/mol. The third-order valence-corrected chi connectivity index (χ3v) is 5.93. The molecular formula is C27H35NO2. The van der Waals surface area contributed by atoms with E-state index in [1.165, 1.54) is 48.7 Å². The van der Waals surface area contributed by atoms with Gasteiger partial charge in [-0.15, -0.1) is 0 Å². The van der Waals surface area contributed by atoms with Crippen LogP contribution >= 0.6 is 0 Å². The number of hydrogen-bond acceptors (Lipinski definition) is 2. The number of esters is 1. The van der Waals surface area contributed by atoms with Gasteiger partial charge >= 0.3 is 5.97 Å². The smallest absolute Gasteiger partial charge is 0.339 e. The van der Waals surface area contributed by atoms with Crippen molar-refractivity contribution in [3.05, 3.63) is 71.4 Å². The molecule has 3 nitrogen and oxygen atoms in total. The fraction of sp³-hybridized carbons (Fsp3) is 0.444. The summed E-state index contributed by atoms with van der Waals surface area (Å²) in [5.74, 6) is -0.151. The molecule has 0 bridgehead atoms. The van der Waals surface area contributed by atoms with Crippen molar-refractivity contribution in [1.82, 2.24) is 4.57 Å². The highest BCUT2D eigenvalue weighted by atomic mass is 16.5. The van der Waals surface area contributed by atoms with Gasteiger partial charge in [-0.3, -0.25) is 0 Å². The van der Waals surface area contributed by atoms with Crippen LogP contribution in [0.2, 0.25) is 0 Å². The molecule has 30 heavy (non-hydrogen) atoms. The second-order valence-corrected chi connectivity index (χ2v) is 8.13. The molecule has 2 aromatic carbocycles. The summed E-state index contributed by atoms with van der Waals surface area (Å²) in [5, 5.41) is 1.34. The van der Waals surface area contributed by atoms with Crippen LogP contribution in [0, 0.1) is 6.92 Å². The van der Waals surface area contributed by atoms with E-state index < -0.39 is 0 Å². The largest absolute Gasteiger partial charge is 0.454 e. The van der Waals surface area contributed by atoms with Crippen molar-refractivity contribution in [3.63, 3.8) is 0 Å². The monoisotopic (exact) mass is 405 g/mol. The van der Waals surface area contributed by atoms with Crippen LogP contribution < -0.4 is 0 Å². The molecule has 0 N–H and O–H groups in total. The number of hydrogen-bond donors (Lipinski definition) is 0. The molecule has 0 saturated heterocycles. The number of cyclic esters (lactones) is 1. The maximum absolute atomic E-state index is 11.6. The number of nitrogens with zero attached hydrogens (tertiary/aromatic N) is 1. The zero-order valence-corrected chi connectivity index (χ0v) is 18.7. The minimum absolute atomic E-state index is 0.000116. The third kappa shape index (κ3) is 5.33. The zero-order valence-electron chi connectivity index (χ0n) is 18.7. The minimum atomic E-state index is -0.151. The van der Waals surface area contributed by atoms with Crippen LogP contribution in [0.15, 0.2) is 54.6 Å². The highest BCUT2D eigenvalue weighted by molar-refractivity contribution is 5.93. The molecule has 0 fully saturated rings. The van der Waals surface area contributed by atoms with Crippen LogP contribution in [0.4, 0.5) is 0 Å². The van der Waals surface area contributed by atoms with Gasteiger partial charge in [0.15, 0.2) is 0 Å². The first kappa shape index (κ1) is 22.1. The lowest BCUT2D eigenvalue weighted by molar-refractivity contribution is 0.0363. The highest BCUT2D eigenvalue weighted by Crippen LogP contribution is 2.34. The average Bonchev–Trinajstić information content (AvgIpc) is 3.27. The number of para-hydroxylation sites is 1. The lowest BCUT2D eigenvalue weighted by Gasteiger charge is -2.10. The first-order chi connectivity index (χ1) is 14.7. The van der Waals surface area contributed by atoms with Crippen LogP contribution in [-0.4, -0.2) is 10.5 Å². The van der Waals surface area contributed by atoms with E-state index >= 15 is 0 Å². The Balaban J connectivity index is 0.000000184. The predicted octanol–water partition coefficient (Wildman–Crippen LogP) is 7.62. The molecule has 0 amide bonds. The summed E-state index contributed by atoms with van der Waals surface area (Å²) < 4.78 is 7.75. The molecule has 1 atom stereocenters. The minimum Gasteiger partial charge on any atom is -0.454 e. The molecule has 1 aromatic heterocycles. The molecule has 3 aromatic rings. The number of aromatic nitrogens is 1. The molecule has 2 heterocycles. The molecule has 0 saturated carbocycles. The van der Waals surface area contributed by atoms with Crippen molar-refractivity contribution in [1.29, 1.82) is 0 Å². The summed E-state index contributed by atoms with van der Waals surface area (Å²) in [6, 6.07) is 18.5. The third-order valence-electron chi connectivity index (χ3n) is 5.93. The summed E-state index contributed by atoms with van der Waals surface area (Å²) in [4.78, 5) is 11.6. The zero-order chi connectivity index (χ0) is 21.3. The van der Waals surface area contributed by atoms with E-state index in [0.717, 1.165) is 30.5 Å². The van der Waals surface area contributed by atoms with Crippen molar-refractivity contribution in [2.45, 2.75) is 78.4 Å². The van der Waals surface area contributed by atoms with Gasteiger partial charge in [-0.2, -0.15) is 0 Å². The first-order valence-electron chi connectivity index (χ1n) is 11.5. The van der Waals surface area contributed by atoms with Crippen molar-refractivity contribution in [2.24, 2.45) is 0 Å². The van der Waals surface area contributed by atoms with Gasteiger partial charge in [0.1, 0.15) is 6.10 Å². The fourth-order valence-corrected chi connectivity index (χ4v) is 4.31. The van der Waals surface area contributed by atoms with Gasteiger partial charge in [-0.05, 0) is 50.3 Å². The van der Waals surface area contributed by atoms with Gasteiger partial charge in [-0.1, -0.05) is 75.4 Å². The molecule has 4 rings (SSSR count). The van der Waals surface area contributed by atoms with E-state index in [4.69, 9.17) is 4.74 Å². The lowest BCUT2D eigenvalue weighted by atomic mass is 10.00. The summed E-state index contributed by atoms with van der Waals surface area (Å²) >= 11 is 0. The van der Waals surface area contributed by atoms with Gasteiger partial charge in [-0.25, -0.2) is 4.79 Å². The number of fused-ring (bicyclic) bond motifs is 2. The van der Waals surface area contributed by atoms with Crippen molar-refractivity contribution in [3.8, 4) is 0 Å². The van der Waals surface area contributed by atoms with E-state index in [0.29, 0.717) is 0 Å². The second kappa shape index (κ2) is 11.0. The first-order valence-corrected chi connectivity index (χ1v) is 11.5. The maximum atomic E-state index is 11.6. The predicted molar refractivity (Wildman–Crippen MR) is 125 cm³/mol. The van der Waals surface area contributed by atoms with Crippen LogP contribution in [0.3, 0.4) is 0 Å². The van der Waals surface area contributed by atoms with Crippen LogP contribution in [0.1, 0.15) is 86.5 Å². The Hall–Kier alpha value is -2.55. The lowest BCUT2D eigenvalue weighted by Crippen LogP contribution is -1.98. The van der Waals surface area contributed by atoms with Crippen molar-refractivity contribution in [2.75, 3.05) is 0 Å². The summed E-state index contributed by atoms with van der Waals surface area (Å²) in [6.45, 7) is 7.62. The standard InChI is InChI=1S/C16H22O2.C11H13N/c1-2-3-4-5-6-7-12-15-13-10-8-9-11-14(13)16(17)18-15;1-3-12-9(2)8-10-6-4-5-7-11(10)12/h8-11,15H,2-7,12H2,1H3;4-8H,3H2,1-2H3. The summed E-state index contributed by atoms with van der Waals surface area (Å²) in [6.07, 6.45) is 8.61. The molecule has 0 aliphatic carbocycles. The van der Waals surface area contributed by atoms with Crippen LogP contribution in [0.25, 0.3) is 10.9 Å². The van der Waals surface area contributed by atoms with E-state index in [9.17, 15) is 4.79 Å². The Morgan fingerprint density at radius 2 is 1.60 bits per heavy atom. The number of unbranched alkanes of at least 4 members (excludes halogenated alkanes) is 5. The summed E-state index contributed by atoms with van der Waals surface area (Å²) in [5.41, 5.74) is 4.53. The van der Waals surface area contributed by atoms with E-state index in [1.807, 2.05) is 24.3 Å². The Labute approximate surface area is 181 Å². The number of aryl methyl sites for hydroxylation is 2. The van der Waals surface area contributed by atoms with Gasteiger partial charge in [0.2, 0.25) is 0 Å². The Kier molecular flexibility index (Phi) is 8.12. The van der Waals surface area contributed by atoms with Crippen molar-refractivity contribution >= 4 is 16.9 Å². The maximum Gasteiger partial charge on any atom is 0.339 e. The number of rotatable bonds is 8. The van der Waals surface area contributed by atoms with E-state index in [2.05, 4.69) is 55.7 Å². The Morgan fingerprint density at radius 1 is 0.900 bits per heavy atom. The molecule has 160 valence electrons. The second-order valence-electron chi connectivity index (χ2n) is 8.13. The van der Waals surface area contributed by atoms with Crippen LogP contribution in [0.5, 0.6) is 0 Å². The van der Waals surface area contributed by atoms with Crippen LogP contribution in [-0.2, 0) is 11.3 Å². The Morgan fingerprint density at radius 3 is 2.40 bits per heavy atom. The SMILES string of the molecule is CCCCCCCCC1OC(=O)c2ccccc21.CCn1c(C)cc2ccccc21. The van der Waals surface area contributed by atoms with E-state index in [1.54, 1.807) is 0 Å². The molecule has 1 aliphatic heterocycles. The van der Waals surface area contributed by atoms with Gasteiger partial charge in [0, 0.05) is 23.3 Å². The quantitative estimate of drug-likeness (QED) is 0.285. The molecule has 3 heteroatoms. The molecule has 0 radical (unpaired) electrons. The van der Waals surface area contributed by atoms with Gasteiger partial charge in [0.05, 0.1) is 5.56 Å². The van der Waals surface area contributed by atoms with Gasteiger partial charge < -0.3 is 9.30 Å². The topological polar surface area (TPSA) is 31.2 Å². The summed E-state index contributed by atoms with van der Waals surface area (Å²) in [7, 11) is 0. The molecule has 1 aliphatic rings.